The van der Waals surface area contributed by atoms with Crippen LogP contribution in [0.4, 0.5) is 0 Å². The minimum absolute atomic E-state index is 0.0483. The number of carbonyl (C=O) groups excluding carboxylic acids is 2. The summed E-state index contributed by atoms with van der Waals surface area (Å²) in [7, 11) is 0. The van der Waals surface area contributed by atoms with Crippen LogP contribution >= 0.6 is 0 Å². The first-order valence-electron chi connectivity index (χ1n) is 5.97. The predicted octanol–water partition coefficient (Wildman–Crippen LogP) is 1.11. The molecule has 0 bridgehead atoms. The Morgan fingerprint density at radius 1 is 1.30 bits per heavy atom. The van der Waals surface area contributed by atoms with E-state index in [0.29, 0.717) is 5.56 Å². The molecule has 20 heavy (non-hydrogen) atoms. The summed E-state index contributed by atoms with van der Waals surface area (Å²) < 4.78 is 0. The summed E-state index contributed by atoms with van der Waals surface area (Å²) >= 11 is 0. The summed E-state index contributed by atoms with van der Waals surface area (Å²) in [6.45, 7) is 1.36. The number of rotatable bonds is 6. The zero-order chi connectivity index (χ0) is 15.1. The van der Waals surface area contributed by atoms with Gasteiger partial charge in [0, 0.05) is 12.0 Å². The quantitative estimate of drug-likeness (QED) is 0.808. The number of carboxylic acid groups (broad SMARTS) is 1. The number of aliphatic carboxylic acids is 1. The van der Waals surface area contributed by atoms with Gasteiger partial charge in [0.15, 0.2) is 0 Å². The topological polar surface area (TPSA) is 107 Å². The summed E-state index contributed by atoms with van der Waals surface area (Å²) in [5, 5.41) is 20.0. The summed E-state index contributed by atoms with van der Waals surface area (Å²) in [6.07, 6.45) is 0.136. The highest BCUT2D eigenvalue weighted by Crippen LogP contribution is 2.05. The van der Waals surface area contributed by atoms with Gasteiger partial charge in [0.1, 0.15) is 11.8 Å². The number of nitrogens with one attached hydrogen (secondary N) is 1. The van der Waals surface area contributed by atoms with E-state index in [2.05, 4.69) is 5.32 Å². The molecular formula is C14H14N2O4. The van der Waals surface area contributed by atoms with Crippen LogP contribution in [0.25, 0.3) is 0 Å². The van der Waals surface area contributed by atoms with Crippen molar-refractivity contribution in [1.82, 2.24) is 5.32 Å². The third kappa shape index (κ3) is 4.53. The zero-order valence-corrected chi connectivity index (χ0v) is 10.9. The molecule has 1 amide bonds. The second kappa shape index (κ2) is 7.04. The lowest BCUT2D eigenvalue weighted by Crippen LogP contribution is -2.41. The van der Waals surface area contributed by atoms with Gasteiger partial charge in [-0.3, -0.25) is 4.79 Å². The van der Waals surface area contributed by atoms with Crippen LogP contribution in [-0.4, -0.2) is 28.8 Å². The molecule has 6 nitrogen and oxygen atoms in total. The summed E-state index contributed by atoms with van der Waals surface area (Å²) in [6, 6.07) is 6.64. The van der Waals surface area contributed by atoms with Crippen LogP contribution < -0.4 is 5.32 Å². The van der Waals surface area contributed by atoms with E-state index < -0.39 is 17.9 Å². The molecule has 1 aromatic carbocycles. The standard InChI is InChI=1S/C14H14N2O4/c1-9(17)2-7-12(14(19)20)16-13(18)11-5-3-10(8-15)4-6-11/h3-6,12H,2,7H2,1H3,(H,16,18)(H,19,20)/t12-/m1/s1. The van der Waals surface area contributed by atoms with Gasteiger partial charge >= 0.3 is 5.97 Å². The Hall–Kier alpha value is -2.68. The average Bonchev–Trinajstić information content (AvgIpc) is 2.42. The first-order valence-corrected chi connectivity index (χ1v) is 5.97. The van der Waals surface area contributed by atoms with Crippen molar-refractivity contribution in [3.05, 3.63) is 35.4 Å². The molecule has 0 unspecified atom stereocenters. The van der Waals surface area contributed by atoms with Gasteiger partial charge in [-0.05, 0) is 37.6 Å². The van der Waals surface area contributed by atoms with Crippen LogP contribution in [0.2, 0.25) is 0 Å². The van der Waals surface area contributed by atoms with Crippen LogP contribution in [0, 0.1) is 11.3 Å². The van der Waals surface area contributed by atoms with E-state index in [9.17, 15) is 14.4 Å². The smallest absolute Gasteiger partial charge is 0.326 e. The van der Waals surface area contributed by atoms with E-state index in [1.807, 2.05) is 6.07 Å². The van der Waals surface area contributed by atoms with Crippen molar-refractivity contribution in [2.45, 2.75) is 25.8 Å². The number of benzene rings is 1. The number of nitriles is 1. The number of hydrogen-bond donors (Lipinski definition) is 2. The third-order valence-corrected chi connectivity index (χ3v) is 2.66. The monoisotopic (exact) mass is 274 g/mol. The molecule has 0 heterocycles. The summed E-state index contributed by atoms with van der Waals surface area (Å²) in [5.74, 6) is -1.87. The number of amides is 1. The minimum atomic E-state index is -1.19. The molecule has 1 atom stereocenters. The predicted molar refractivity (Wildman–Crippen MR) is 70.0 cm³/mol. The molecule has 0 aliphatic rings. The molecule has 1 aromatic rings. The van der Waals surface area contributed by atoms with Crippen LogP contribution in [0.5, 0.6) is 0 Å². The highest BCUT2D eigenvalue weighted by Gasteiger charge is 2.20. The fourth-order valence-corrected chi connectivity index (χ4v) is 1.54. The molecule has 0 fully saturated rings. The van der Waals surface area contributed by atoms with Crippen LogP contribution in [0.15, 0.2) is 24.3 Å². The lowest BCUT2D eigenvalue weighted by atomic mass is 10.1. The second-order valence-corrected chi connectivity index (χ2v) is 4.29. The Balaban J connectivity index is 2.72. The van der Waals surface area contributed by atoms with Crippen molar-refractivity contribution in [3.8, 4) is 6.07 Å². The summed E-state index contributed by atoms with van der Waals surface area (Å²) in [4.78, 5) is 33.7. The maximum absolute atomic E-state index is 11.9. The Morgan fingerprint density at radius 2 is 1.90 bits per heavy atom. The van der Waals surface area contributed by atoms with Crippen molar-refractivity contribution < 1.29 is 19.5 Å². The largest absolute Gasteiger partial charge is 0.480 e. The van der Waals surface area contributed by atoms with Gasteiger partial charge in [-0.15, -0.1) is 0 Å². The number of Topliss-reactive ketones (excluding diaryl/α,β-unsaturated/α-hetero) is 1. The van der Waals surface area contributed by atoms with Crippen molar-refractivity contribution in [3.63, 3.8) is 0 Å². The van der Waals surface area contributed by atoms with Gasteiger partial charge in [-0.2, -0.15) is 5.26 Å². The van der Waals surface area contributed by atoms with Gasteiger partial charge in [0.2, 0.25) is 0 Å². The lowest BCUT2D eigenvalue weighted by molar-refractivity contribution is -0.139. The summed E-state index contributed by atoms with van der Waals surface area (Å²) in [5.41, 5.74) is 0.672. The normalized spacial score (nSPS) is 11.2. The Labute approximate surface area is 116 Å². The number of carbonyl (C=O) groups is 3. The highest BCUT2D eigenvalue weighted by molar-refractivity contribution is 5.96. The van der Waals surface area contributed by atoms with E-state index >= 15 is 0 Å². The SMILES string of the molecule is CC(=O)CC[C@@H](NC(=O)c1ccc(C#N)cc1)C(=O)O. The molecule has 0 radical (unpaired) electrons. The van der Waals surface area contributed by atoms with Crippen LogP contribution in [0.1, 0.15) is 35.7 Å². The number of nitrogens with zero attached hydrogens (tertiary/aromatic N) is 1. The molecule has 0 spiro atoms. The molecule has 104 valence electrons. The van der Waals surface area contributed by atoms with Crippen molar-refractivity contribution in [1.29, 1.82) is 5.26 Å². The third-order valence-electron chi connectivity index (χ3n) is 2.66. The fourth-order valence-electron chi connectivity index (χ4n) is 1.54. The average molecular weight is 274 g/mol. The lowest BCUT2D eigenvalue weighted by Gasteiger charge is -2.13. The maximum atomic E-state index is 11.9. The molecule has 0 aliphatic carbocycles. The van der Waals surface area contributed by atoms with Crippen molar-refractivity contribution >= 4 is 17.7 Å². The van der Waals surface area contributed by atoms with E-state index in [1.54, 1.807) is 0 Å². The first kappa shape index (κ1) is 15.4. The number of ketones is 1. The van der Waals surface area contributed by atoms with Crippen LogP contribution in [0.3, 0.4) is 0 Å². The first-order chi connectivity index (χ1) is 9.43. The molecule has 0 saturated heterocycles. The molecular weight excluding hydrogens is 260 g/mol. The fraction of sp³-hybridized carbons (Fsp3) is 0.286. The second-order valence-electron chi connectivity index (χ2n) is 4.29. The minimum Gasteiger partial charge on any atom is -0.480 e. The van der Waals surface area contributed by atoms with E-state index in [-0.39, 0.29) is 24.2 Å². The zero-order valence-electron chi connectivity index (χ0n) is 10.9. The van der Waals surface area contributed by atoms with Gasteiger partial charge in [-0.1, -0.05) is 0 Å². The Morgan fingerprint density at radius 3 is 2.35 bits per heavy atom. The Bertz CT molecular complexity index is 558. The Kier molecular flexibility index (Phi) is 5.42. The molecule has 1 rings (SSSR count). The van der Waals surface area contributed by atoms with E-state index in [0.717, 1.165) is 0 Å². The highest BCUT2D eigenvalue weighted by atomic mass is 16.4. The van der Waals surface area contributed by atoms with Crippen LogP contribution in [-0.2, 0) is 9.59 Å². The molecule has 0 aromatic heterocycles. The van der Waals surface area contributed by atoms with Gasteiger partial charge in [0.25, 0.3) is 5.91 Å². The molecule has 0 saturated carbocycles. The van der Waals surface area contributed by atoms with Gasteiger partial charge in [-0.25, -0.2) is 4.79 Å². The number of carboxylic acids is 1. The molecule has 2 N–H and O–H groups in total. The maximum Gasteiger partial charge on any atom is 0.326 e. The number of hydrogen-bond acceptors (Lipinski definition) is 4. The van der Waals surface area contributed by atoms with Crippen molar-refractivity contribution in [2.75, 3.05) is 0 Å². The molecule has 6 heteroatoms. The van der Waals surface area contributed by atoms with Gasteiger partial charge < -0.3 is 15.2 Å². The van der Waals surface area contributed by atoms with Gasteiger partial charge in [0.05, 0.1) is 11.6 Å². The molecule has 0 aliphatic heterocycles. The van der Waals surface area contributed by atoms with E-state index in [1.165, 1.54) is 31.2 Å². The van der Waals surface area contributed by atoms with Crippen molar-refractivity contribution in [2.24, 2.45) is 0 Å². The van der Waals surface area contributed by atoms with E-state index in [4.69, 9.17) is 10.4 Å².